The summed E-state index contributed by atoms with van der Waals surface area (Å²) in [7, 11) is 0. The molecule has 2 aromatic rings. The minimum absolute atomic E-state index is 0.355. The van der Waals surface area contributed by atoms with E-state index in [9.17, 15) is 4.79 Å². The normalized spacial score (nSPS) is 11.7. The Hall–Kier alpha value is -2.34. The van der Waals surface area contributed by atoms with Crippen LogP contribution in [0.2, 0.25) is 5.02 Å². The summed E-state index contributed by atoms with van der Waals surface area (Å²) in [5.74, 6) is 0.203. The molecule has 2 rings (SSSR count). The molecule has 0 saturated carbocycles. The minimum atomic E-state index is -1.07. The first-order valence-corrected chi connectivity index (χ1v) is 7.59. The van der Waals surface area contributed by atoms with E-state index < -0.39 is 5.60 Å². The number of nitrogens with zero attached hydrogens (tertiary/aromatic N) is 3. The van der Waals surface area contributed by atoms with Gasteiger partial charge in [-0.3, -0.25) is 9.48 Å². The Morgan fingerprint density at radius 3 is 2.74 bits per heavy atom. The van der Waals surface area contributed by atoms with Gasteiger partial charge in [-0.2, -0.15) is 10.2 Å². The molecule has 7 heteroatoms. The molecule has 122 valence electrons. The number of rotatable bonds is 6. The third kappa shape index (κ3) is 4.82. The van der Waals surface area contributed by atoms with E-state index >= 15 is 0 Å². The van der Waals surface area contributed by atoms with Crippen molar-refractivity contribution in [3.8, 4) is 5.75 Å². The topological polar surface area (TPSA) is 68.5 Å². The van der Waals surface area contributed by atoms with E-state index in [0.29, 0.717) is 10.8 Å². The highest BCUT2D eigenvalue weighted by Crippen LogP contribution is 2.20. The number of hydrogen-bond donors (Lipinski definition) is 1. The molecule has 0 aliphatic rings. The van der Waals surface area contributed by atoms with E-state index in [1.165, 1.54) is 6.21 Å². The monoisotopic (exact) mass is 334 g/mol. The molecule has 0 atom stereocenters. The maximum Gasteiger partial charge on any atom is 0.283 e. The molecule has 1 aromatic carbocycles. The molecular weight excluding hydrogens is 316 g/mol. The molecule has 0 saturated heterocycles. The smallest absolute Gasteiger partial charge is 0.283 e. The Labute approximate surface area is 140 Å². The van der Waals surface area contributed by atoms with E-state index in [-0.39, 0.29) is 5.91 Å². The maximum atomic E-state index is 12.2. The SMILES string of the molecule is CCn1cc(/C=N\NC(=O)C(C)(C)Oc2ccc(Cl)cc2)cn1. The minimum Gasteiger partial charge on any atom is -0.478 e. The van der Waals surface area contributed by atoms with Gasteiger partial charge in [0.15, 0.2) is 5.60 Å². The fraction of sp³-hybridized carbons (Fsp3) is 0.312. The fourth-order valence-corrected chi connectivity index (χ4v) is 1.89. The number of hydrogen-bond acceptors (Lipinski definition) is 4. The molecule has 0 radical (unpaired) electrons. The summed E-state index contributed by atoms with van der Waals surface area (Å²) in [6.07, 6.45) is 5.05. The predicted octanol–water partition coefficient (Wildman–Crippen LogP) is 2.86. The van der Waals surface area contributed by atoms with Gasteiger partial charge in [0.05, 0.1) is 12.4 Å². The van der Waals surface area contributed by atoms with Crippen molar-refractivity contribution < 1.29 is 9.53 Å². The average Bonchev–Trinajstić information content (AvgIpc) is 2.97. The molecule has 1 heterocycles. The van der Waals surface area contributed by atoms with Gasteiger partial charge in [-0.05, 0) is 45.0 Å². The van der Waals surface area contributed by atoms with E-state index in [4.69, 9.17) is 16.3 Å². The Morgan fingerprint density at radius 1 is 1.43 bits per heavy atom. The third-order valence-electron chi connectivity index (χ3n) is 3.09. The zero-order valence-electron chi connectivity index (χ0n) is 13.3. The number of benzene rings is 1. The van der Waals surface area contributed by atoms with Crippen molar-refractivity contribution in [2.45, 2.75) is 32.9 Å². The van der Waals surface area contributed by atoms with Crippen LogP contribution in [0.15, 0.2) is 41.8 Å². The highest BCUT2D eigenvalue weighted by atomic mass is 35.5. The van der Waals surface area contributed by atoms with Crippen molar-refractivity contribution >= 4 is 23.7 Å². The Morgan fingerprint density at radius 2 is 2.13 bits per heavy atom. The summed E-state index contributed by atoms with van der Waals surface area (Å²) >= 11 is 5.82. The van der Waals surface area contributed by atoms with Gasteiger partial charge in [-0.25, -0.2) is 5.43 Å². The molecule has 0 aliphatic carbocycles. The number of halogens is 1. The van der Waals surface area contributed by atoms with Crippen LogP contribution in [0.4, 0.5) is 0 Å². The van der Waals surface area contributed by atoms with Crippen LogP contribution >= 0.6 is 11.6 Å². The largest absolute Gasteiger partial charge is 0.478 e. The number of aryl methyl sites for hydroxylation is 1. The predicted molar refractivity (Wildman–Crippen MR) is 89.8 cm³/mol. The second kappa shape index (κ2) is 7.28. The Kier molecular flexibility index (Phi) is 5.39. The average molecular weight is 335 g/mol. The van der Waals surface area contributed by atoms with Gasteiger partial charge in [-0.15, -0.1) is 0 Å². The Balaban J connectivity index is 1.93. The number of ether oxygens (including phenoxy) is 1. The quantitative estimate of drug-likeness (QED) is 0.652. The van der Waals surface area contributed by atoms with Crippen LogP contribution in [0.3, 0.4) is 0 Å². The number of carbonyl (C=O) groups is 1. The summed E-state index contributed by atoms with van der Waals surface area (Å²) in [6, 6.07) is 6.82. The molecule has 0 unspecified atom stereocenters. The summed E-state index contributed by atoms with van der Waals surface area (Å²) in [6.45, 7) is 6.11. The standard InChI is InChI=1S/C16H19ClN4O2/c1-4-21-11-12(10-19-21)9-18-20-15(22)16(2,3)23-14-7-5-13(17)6-8-14/h5-11H,4H2,1-3H3,(H,20,22)/b18-9-. The van der Waals surface area contributed by atoms with Gasteiger partial charge in [0.1, 0.15) is 5.75 Å². The van der Waals surface area contributed by atoms with Crippen LogP contribution in [0.25, 0.3) is 0 Å². The van der Waals surface area contributed by atoms with E-state index in [0.717, 1.165) is 12.1 Å². The van der Waals surface area contributed by atoms with Gasteiger partial charge in [0, 0.05) is 23.3 Å². The zero-order chi connectivity index (χ0) is 16.9. The van der Waals surface area contributed by atoms with Crippen molar-refractivity contribution in [1.29, 1.82) is 0 Å². The summed E-state index contributed by atoms with van der Waals surface area (Å²) in [4.78, 5) is 12.2. The van der Waals surface area contributed by atoms with Gasteiger partial charge >= 0.3 is 0 Å². The summed E-state index contributed by atoms with van der Waals surface area (Å²) < 4.78 is 7.46. The van der Waals surface area contributed by atoms with Gasteiger partial charge < -0.3 is 4.74 Å². The lowest BCUT2D eigenvalue weighted by atomic mass is 10.1. The van der Waals surface area contributed by atoms with Crippen LogP contribution in [0.5, 0.6) is 5.75 Å². The highest BCUT2D eigenvalue weighted by molar-refractivity contribution is 6.30. The van der Waals surface area contributed by atoms with Gasteiger partial charge in [0.2, 0.25) is 0 Å². The summed E-state index contributed by atoms with van der Waals surface area (Å²) in [5.41, 5.74) is 2.21. The number of nitrogens with one attached hydrogen (secondary N) is 1. The highest BCUT2D eigenvalue weighted by Gasteiger charge is 2.29. The second-order valence-electron chi connectivity index (χ2n) is 5.39. The van der Waals surface area contributed by atoms with Crippen LogP contribution in [0.1, 0.15) is 26.3 Å². The van der Waals surface area contributed by atoms with Crippen LogP contribution < -0.4 is 10.2 Å². The first-order valence-electron chi connectivity index (χ1n) is 7.21. The molecule has 1 N–H and O–H groups in total. The van der Waals surface area contributed by atoms with Crippen molar-refractivity contribution in [3.63, 3.8) is 0 Å². The van der Waals surface area contributed by atoms with Crippen molar-refractivity contribution in [2.75, 3.05) is 0 Å². The molecule has 6 nitrogen and oxygen atoms in total. The van der Waals surface area contributed by atoms with E-state index in [1.807, 2.05) is 13.1 Å². The fourth-order valence-electron chi connectivity index (χ4n) is 1.76. The molecular formula is C16H19ClN4O2. The van der Waals surface area contributed by atoms with Crippen LogP contribution in [-0.4, -0.2) is 27.5 Å². The van der Waals surface area contributed by atoms with Crippen molar-refractivity contribution in [3.05, 3.63) is 47.2 Å². The molecule has 23 heavy (non-hydrogen) atoms. The first kappa shape index (κ1) is 17.0. The van der Waals surface area contributed by atoms with E-state index in [1.54, 1.807) is 49.0 Å². The molecule has 0 spiro atoms. The maximum absolute atomic E-state index is 12.2. The second-order valence-corrected chi connectivity index (χ2v) is 5.83. The van der Waals surface area contributed by atoms with Gasteiger partial charge in [0.25, 0.3) is 5.91 Å². The molecule has 1 amide bonds. The number of amides is 1. The van der Waals surface area contributed by atoms with Crippen molar-refractivity contribution in [1.82, 2.24) is 15.2 Å². The lowest BCUT2D eigenvalue weighted by molar-refractivity contribution is -0.134. The van der Waals surface area contributed by atoms with E-state index in [2.05, 4.69) is 15.6 Å². The number of hydrazone groups is 1. The van der Waals surface area contributed by atoms with Gasteiger partial charge in [-0.1, -0.05) is 11.6 Å². The Bertz CT molecular complexity index is 692. The molecule has 0 fully saturated rings. The lowest BCUT2D eigenvalue weighted by Crippen LogP contribution is -2.44. The summed E-state index contributed by atoms with van der Waals surface area (Å²) in [5, 5.41) is 8.66. The molecule has 1 aromatic heterocycles. The van der Waals surface area contributed by atoms with Crippen LogP contribution in [0, 0.1) is 0 Å². The zero-order valence-corrected chi connectivity index (χ0v) is 14.0. The van der Waals surface area contributed by atoms with Crippen molar-refractivity contribution in [2.24, 2.45) is 5.10 Å². The third-order valence-corrected chi connectivity index (χ3v) is 3.34. The number of carbonyl (C=O) groups excluding carboxylic acids is 1. The molecule has 0 aliphatic heterocycles. The first-order chi connectivity index (χ1) is 10.9. The number of aromatic nitrogens is 2. The lowest BCUT2D eigenvalue weighted by Gasteiger charge is -2.24. The molecule has 0 bridgehead atoms. The van der Waals surface area contributed by atoms with Crippen LogP contribution in [-0.2, 0) is 11.3 Å².